The van der Waals surface area contributed by atoms with Gasteiger partial charge in [0, 0.05) is 49.4 Å². The zero-order chi connectivity index (χ0) is 37.6. The van der Waals surface area contributed by atoms with Crippen molar-refractivity contribution in [2.24, 2.45) is 0 Å². The molecule has 8 aromatic carbocycles. The van der Waals surface area contributed by atoms with Crippen molar-refractivity contribution in [1.82, 2.24) is 14.5 Å². The summed E-state index contributed by atoms with van der Waals surface area (Å²) in [4.78, 5) is 11.0. The van der Waals surface area contributed by atoms with E-state index in [9.17, 15) is 0 Å². The summed E-state index contributed by atoms with van der Waals surface area (Å²) in [6.45, 7) is 2.31. The van der Waals surface area contributed by atoms with E-state index in [1.54, 1.807) is 0 Å². The molecule has 0 saturated heterocycles. The first kappa shape index (κ1) is 32.0. The van der Waals surface area contributed by atoms with Gasteiger partial charge in [-0.3, -0.25) is 4.57 Å². The predicted molar refractivity (Wildman–Crippen MR) is 237 cm³/mol. The van der Waals surface area contributed by atoms with Crippen LogP contribution in [0.5, 0.6) is 0 Å². The van der Waals surface area contributed by atoms with Crippen LogP contribution >= 0.6 is 0 Å². The highest BCUT2D eigenvalue weighted by Crippen LogP contribution is 2.49. The lowest BCUT2D eigenvalue weighted by Crippen LogP contribution is -2.05. The highest BCUT2D eigenvalue weighted by molar-refractivity contribution is 6.33. The number of nitrogens with zero attached hydrogens (tertiary/aromatic N) is 3. The molecule has 1 aliphatic rings. The van der Waals surface area contributed by atoms with Gasteiger partial charge in [-0.2, -0.15) is 0 Å². The summed E-state index contributed by atoms with van der Waals surface area (Å²) in [5, 5.41) is 10.6. The molecular formula is C53H35N3O. The van der Waals surface area contributed by atoms with Crippen molar-refractivity contribution >= 4 is 71.2 Å². The van der Waals surface area contributed by atoms with E-state index in [0.717, 1.165) is 78.6 Å². The SMILES string of the molecule is CC1CC=Cc2oc3c(-c4cccc5c6c7ccccc7c7ccccc7c6n(-c6nc(-c7ccccc7)cc(-c7ccccc7)n6)c45)c4ccccc4cc3c21. The minimum absolute atomic E-state index is 0.353. The summed E-state index contributed by atoms with van der Waals surface area (Å²) < 4.78 is 9.34. The average molecular weight is 730 g/mol. The summed E-state index contributed by atoms with van der Waals surface area (Å²) in [5.41, 5.74) is 10.3. The van der Waals surface area contributed by atoms with Crippen molar-refractivity contribution in [2.45, 2.75) is 19.3 Å². The van der Waals surface area contributed by atoms with Crippen LogP contribution in [0.1, 0.15) is 30.6 Å². The molecule has 3 heterocycles. The van der Waals surface area contributed by atoms with Crippen molar-refractivity contribution in [2.75, 3.05) is 0 Å². The van der Waals surface area contributed by atoms with Crippen molar-refractivity contribution in [3.05, 3.63) is 181 Å². The maximum atomic E-state index is 6.99. The third-order valence-electron chi connectivity index (χ3n) is 12.0. The molecule has 0 bridgehead atoms. The Hall–Kier alpha value is -7.30. The van der Waals surface area contributed by atoms with Crippen LogP contribution in [0.2, 0.25) is 0 Å². The molecule has 0 spiro atoms. The van der Waals surface area contributed by atoms with Gasteiger partial charge in [0.05, 0.1) is 22.4 Å². The van der Waals surface area contributed by atoms with E-state index < -0.39 is 0 Å². The molecule has 1 atom stereocenters. The highest BCUT2D eigenvalue weighted by atomic mass is 16.3. The molecule has 0 amide bonds. The summed E-state index contributed by atoms with van der Waals surface area (Å²) in [6, 6.07) is 58.4. The van der Waals surface area contributed by atoms with E-state index in [0.29, 0.717) is 11.9 Å². The molecule has 0 N–H and O–H groups in total. The Morgan fingerprint density at radius 2 is 1.14 bits per heavy atom. The van der Waals surface area contributed by atoms with Crippen LogP contribution in [0.3, 0.4) is 0 Å². The summed E-state index contributed by atoms with van der Waals surface area (Å²) >= 11 is 0. The maximum Gasteiger partial charge on any atom is 0.235 e. The fourth-order valence-electron chi connectivity index (χ4n) is 9.50. The quantitative estimate of drug-likeness (QED) is 0.169. The van der Waals surface area contributed by atoms with E-state index in [1.807, 2.05) is 12.1 Å². The Kier molecular flexibility index (Phi) is 6.93. The van der Waals surface area contributed by atoms with Crippen molar-refractivity contribution in [3.63, 3.8) is 0 Å². The van der Waals surface area contributed by atoms with E-state index >= 15 is 0 Å². The van der Waals surface area contributed by atoms with Crippen molar-refractivity contribution < 1.29 is 4.42 Å². The zero-order valence-corrected chi connectivity index (χ0v) is 31.3. The average Bonchev–Trinajstić information content (AvgIpc) is 3.83. The number of para-hydroxylation sites is 1. The number of benzene rings is 8. The van der Waals surface area contributed by atoms with Crippen LogP contribution in [-0.4, -0.2) is 14.5 Å². The number of hydrogen-bond acceptors (Lipinski definition) is 3. The Bertz CT molecular complexity index is 3390. The molecule has 3 aromatic heterocycles. The van der Waals surface area contributed by atoms with Crippen LogP contribution in [0.25, 0.3) is 111 Å². The van der Waals surface area contributed by atoms with Gasteiger partial charge in [-0.15, -0.1) is 0 Å². The lowest BCUT2D eigenvalue weighted by atomic mass is 9.88. The molecule has 57 heavy (non-hydrogen) atoms. The molecule has 1 aliphatic carbocycles. The maximum absolute atomic E-state index is 6.99. The smallest absolute Gasteiger partial charge is 0.235 e. The van der Waals surface area contributed by atoms with Gasteiger partial charge in [0.15, 0.2) is 0 Å². The molecule has 1 unspecified atom stereocenters. The van der Waals surface area contributed by atoms with Crippen LogP contribution in [0.15, 0.2) is 174 Å². The molecule has 0 radical (unpaired) electrons. The molecule has 0 fully saturated rings. The second-order valence-corrected chi connectivity index (χ2v) is 15.3. The van der Waals surface area contributed by atoms with Gasteiger partial charge in [0.25, 0.3) is 0 Å². The predicted octanol–water partition coefficient (Wildman–Crippen LogP) is 14.3. The molecule has 0 aliphatic heterocycles. The standard InChI is InChI=1S/C53H35N3O/c1-32-16-14-29-46-47(32)43-30-35-21-8-9-22-36(35)49(52(43)57-46)42-28-15-27-41-48-39-25-12-10-23-37(39)38-24-11-13-26-40(38)51(48)56(50(41)42)53-54-44(33-17-4-2-5-18-33)31-45(55-53)34-19-6-3-7-20-34/h2-15,17-32H,16H2,1H3. The highest BCUT2D eigenvalue weighted by Gasteiger charge is 2.28. The van der Waals surface area contributed by atoms with Gasteiger partial charge in [-0.1, -0.05) is 165 Å². The lowest BCUT2D eigenvalue weighted by molar-refractivity contribution is 0.587. The molecule has 268 valence electrons. The minimum Gasteiger partial charge on any atom is -0.456 e. The summed E-state index contributed by atoms with van der Waals surface area (Å²) in [5.74, 6) is 1.93. The monoisotopic (exact) mass is 729 g/mol. The largest absolute Gasteiger partial charge is 0.456 e. The van der Waals surface area contributed by atoms with Crippen LogP contribution < -0.4 is 0 Å². The molecular weight excluding hydrogens is 695 g/mol. The van der Waals surface area contributed by atoms with Crippen LogP contribution in [0.4, 0.5) is 0 Å². The Morgan fingerprint density at radius 1 is 0.544 bits per heavy atom. The molecule has 4 heteroatoms. The van der Waals surface area contributed by atoms with E-state index in [2.05, 4.69) is 175 Å². The number of fused-ring (bicyclic) bond motifs is 12. The first-order valence-electron chi connectivity index (χ1n) is 19.7. The zero-order valence-electron chi connectivity index (χ0n) is 31.3. The topological polar surface area (TPSA) is 43.9 Å². The number of hydrogen-bond donors (Lipinski definition) is 0. The van der Waals surface area contributed by atoms with Gasteiger partial charge in [0.2, 0.25) is 5.95 Å². The second-order valence-electron chi connectivity index (χ2n) is 15.3. The van der Waals surface area contributed by atoms with Gasteiger partial charge in [0.1, 0.15) is 11.3 Å². The van der Waals surface area contributed by atoms with Crippen molar-refractivity contribution in [3.8, 4) is 39.6 Å². The Labute approximate surface area is 329 Å². The summed E-state index contributed by atoms with van der Waals surface area (Å²) in [7, 11) is 0. The number of allylic oxidation sites excluding steroid dienone is 1. The number of rotatable bonds is 4. The number of aromatic nitrogens is 3. The van der Waals surface area contributed by atoms with Crippen LogP contribution in [0, 0.1) is 0 Å². The molecule has 0 saturated carbocycles. The third kappa shape index (κ3) is 4.74. The normalized spacial score (nSPS) is 14.1. The van der Waals surface area contributed by atoms with Crippen molar-refractivity contribution in [1.29, 1.82) is 0 Å². The van der Waals surface area contributed by atoms with Crippen LogP contribution in [-0.2, 0) is 0 Å². The van der Waals surface area contributed by atoms with Gasteiger partial charge >= 0.3 is 0 Å². The minimum atomic E-state index is 0.353. The fraction of sp³-hybridized carbons (Fsp3) is 0.0566. The Balaban J connectivity index is 1.32. The van der Waals surface area contributed by atoms with Gasteiger partial charge < -0.3 is 4.42 Å². The molecule has 4 nitrogen and oxygen atoms in total. The molecule has 11 aromatic rings. The van der Waals surface area contributed by atoms with Gasteiger partial charge in [-0.05, 0) is 57.5 Å². The molecule has 12 rings (SSSR count). The first-order valence-corrected chi connectivity index (χ1v) is 19.7. The second kappa shape index (κ2) is 12.4. The van der Waals surface area contributed by atoms with E-state index in [1.165, 1.54) is 37.9 Å². The first-order chi connectivity index (χ1) is 28.2. The lowest BCUT2D eigenvalue weighted by Gasteiger charge is -2.16. The van der Waals surface area contributed by atoms with E-state index in [-0.39, 0.29) is 0 Å². The Morgan fingerprint density at radius 3 is 1.86 bits per heavy atom. The van der Waals surface area contributed by atoms with E-state index in [4.69, 9.17) is 14.4 Å². The summed E-state index contributed by atoms with van der Waals surface area (Å²) in [6.07, 6.45) is 5.39. The third-order valence-corrected chi connectivity index (χ3v) is 12.0. The number of furan rings is 1. The van der Waals surface area contributed by atoms with Gasteiger partial charge in [-0.25, -0.2) is 9.97 Å². The fourth-order valence-corrected chi connectivity index (χ4v) is 9.50.